The molecule has 0 unspecified atom stereocenters. The predicted molar refractivity (Wildman–Crippen MR) is 62.9 cm³/mol. The van der Waals surface area contributed by atoms with Crippen molar-refractivity contribution < 1.29 is 13.2 Å². The molecule has 88 valence electrons. The molecule has 1 aromatic rings. The number of hydrogen-bond acceptors (Lipinski definition) is 3. The summed E-state index contributed by atoms with van der Waals surface area (Å²) in [5.41, 5.74) is 0.807. The van der Waals surface area contributed by atoms with Gasteiger partial charge in [-0.25, -0.2) is 8.42 Å². The highest BCUT2D eigenvalue weighted by molar-refractivity contribution is 7.92. The van der Waals surface area contributed by atoms with Crippen molar-refractivity contribution in [2.75, 3.05) is 17.5 Å². The van der Waals surface area contributed by atoms with E-state index < -0.39 is 10.0 Å². The molecular weight excluding hydrogens is 228 g/mol. The molecule has 1 amide bonds. The summed E-state index contributed by atoms with van der Waals surface area (Å²) in [4.78, 5) is 11.5. The van der Waals surface area contributed by atoms with Crippen molar-refractivity contribution in [2.45, 2.75) is 6.92 Å². The van der Waals surface area contributed by atoms with Gasteiger partial charge in [-0.2, -0.15) is 0 Å². The largest absolute Gasteiger partial charge is 0.352 e. The fourth-order valence-electron chi connectivity index (χ4n) is 1.20. The van der Waals surface area contributed by atoms with Gasteiger partial charge in [0.15, 0.2) is 0 Å². The first-order chi connectivity index (χ1) is 7.42. The van der Waals surface area contributed by atoms with Gasteiger partial charge < -0.3 is 5.32 Å². The van der Waals surface area contributed by atoms with Crippen molar-refractivity contribution in [2.24, 2.45) is 0 Å². The third-order valence-corrected chi connectivity index (χ3v) is 2.37. The summed E-state index contributed by atoms with van der Waals surface area (Å²) in [6.45, 7) is 2.35. The average molecular weight is 242 g/mol. The molecule has 0 aliphatic rings. The van der Waals surface area contributed by atoms with E-state index in [4.69, 9.17) is 0 Å². The first-order valence-corrected chi connectivity index (χ1v) is 6.67. The molecule has 0 aliphatic heterocycles. The van der Waals surface area contributed by atoms with E-state index in [-0.39, 0.29) is 5.91 Å². The highest BCUT2D eigenvalue weighted by atomic mass is 32.2. The van der Waals surface area contributed by atoms with Crippen molar-refractivity contribution >= 4 is 21.6 Å². The molecule has 0 fully saturated rings. The normalized spacial score (nSPS) is 10.9. The van der Waals surface area contributed by atoms with Crippen LogP contribution in [0.15, 0.2) is 24.3 Å². The third kappa shape index (κ3) is 3.90. The van der Waals surface area contributed by atoms with Crippen molar-refractivity contribution in [1.29, 1.82) is 0 Å². The number of nitrogens with one attached hydrogen (secondary N) is 2. The summed E-state index contributed by atoms with van der Waals surface area (Å²) in [6.07, 6.45) is 1.06. The second kappa shape index (κ2) is 4.98. The van der Waals surface area contributed by atoms with Crippen LogP contribution in [0, 0.1) is 0 Å². The number of sulfonamides is 1. The Bertz CT molecular complexity index is 483. The SMILES string of the molecule is CCNC(=O)c1cccc(NS(C)(=O)=O)c1. The van der Waals surface area contributed by atoms with Crippen LogP contribution >= 0.6 is 0 Å². The molecular formula is C10H14N2O3S. The van der Waals surface area contributed by atoms with Gasteiger partial charge in [0.25, 0.3) is 5.91 Å². The van der Waals surface area contributed by atoms with E-state index in [1.807, 2.05) is 6.92 Å². The number of benzene rings is 1. The topological polar surface area (TPSA) is 75.3 Å². The maximum atomic E-state index is 11.5. The molecule has 0 aliphatic carbocycles. The Hall–Kier alpha value is -1.56. The van der Waals surface area contributed by atoms with Crippen molar-refractivity contribution in [3.05, 3.63) is 29.8 Å². The monoisotopic (exact) mass is 242 g/mol. The Morgan fingerprint density at radius 1 is 1.38 bits per heavy atom. The molecule has 1 rings (SSSR count). The highest BCUT2D eigenvalue weighted by Crippen LogP contribution is 2.11. The predicted octanol–water partition coefficient (Wildman–Crippen LogP) is 0.808. The van der Waals surface area contributed by atoms with Gasteiger partial charge in [0.1, 0.15) is 0 Å². The molecule has 0 saturated heterocycles. The Balaban J connectivity index is 2.91. The van der Waals surface area contributed by atoms with E-state index in [9.17, 15) is 13.2 Å². The second-order valence-corrected chi connectivity index (χ2v) is 5.06. The van der Waals surface area contributed by atoms with E-state index in [2.05, 4.69) is 10.0 Å². The molecule has 0 bridgehead atoms. The highest BCUT2D eigenvalue weighted by Gasteiger charge is 2.06. The molecule has 0 aromatic heterocycles. The second-order valence-electron chi connectivity index (χ2n) is 3.31. The lowest BCUT2D eigenvalue weighted by Crippen LogP contribution is -2.22. The van der Waals surface area contributed by atoms with Gasteiger partial charge >= 0.3 is 0 Å². The number of anilines is 1. The van der Waals surface area contributed by atoms with Crippen LogP contribution in [0.2, 0.25) is 0 Å². The Labute approximate surface area is 94.9 Å². The number of hydrogen-bond donors (Lipinski definition) is 2. The van der Waals surface area contributed by atoms with E-state index in [0.717, 1.165) is 6.26 Å². The molecule has 0 saturated carbocycles. The molecule has 0 heterocycles. The van der Waals surface area contributed by atoms with Crippen LogP contribution in [-0.4, -0.2) is 27.1 Å². The summed E-state index contributed by atoms with van der Waals surface area (Å²) >= 11 is 0. The Kier molecular flexibility index (Phi) is 3.89. The summed E-state index contributed by atoms with van der Waals surface area (Å²) < 4.78 is 24.3. The summed E-state index contributed by atoms with van der Waals surface area (Å²) in [7, 11) is -3.31. The molecule has 1 aromatic carbocycles. The lowest BCUT2D eigenvalue weighted by atomic mass is 10.2. The maximum absolute atomic E-state index is 11.5. The van der Waals surface area contributed by atoms with Crippen LogP contribution in [0.4, 0.5) is 5.69 Å². The van der Waals surface area contributed by atoms with E-state index in [0.29, 0.717) is 17.8 Å². The summed E-state index contributed by atoms with van der Waals surface area (Å²) in [5.74, 6) is -0.223. The maximum Gasteiger partial charge on any atom is 0.251 e. The van der Waals surface area contributed by atoms with Gasteiger partial charge in [0.2, 0.25) is 10.0 Å². The zero-order chi connectivity index (χ0) is 12.2. The van der Waals surface area contributed by atoms with Crippen LogP contribution < -0.4 is 10.0 Å². The van der Waals surface area contributed by atoms with Crippen LogP contribution in [-0.2, 0) is 10.0 Å². The molecule has 0 atom stereocenters. The summed E-state index contributed by atoms with van der Waals surface area (Å²) in [6, 6.07) is 6.33. The van der Waals surface area contributed by atoms with Crippen LogP contribution in [0.5, 0.6) is 0 Å². The fraction of sp³-hybridized carbons (Fsp3) is 0.300. The van der Waals surface area contributed by atoms with E-state index in [1.54, 1.807) is 18.2 Å². The van der Waals surface area contributed by atoms with Crippen LogP contribution in [0.25, 0.3) is 0 Å². The first kappa shape index (κ1) is 12.5. The van der Waals surface area contributed by atoms with Crippen molar-refractivity contribution in [3.63, 3.8) is 0 Å². The molecule has 16 heavy (non-hydrogen) atoms. The number of carbonyl (C=O) groups is 1. The number of rotatable bonds is 4. The first-order valence-electron chi connectivity index (χ1n) is 4.78. The van der Waals surface area contributed by atoms with Crippen LogP contribution in [0.1, 0.15) is 17.3 Å². The van der Waals surface area contributed by atoms with Gasteiger partial charge in [0.05, 0.1) is 6.26 Å². The molecule has 2 N–H and O–H groups in total. The zero-order valence-electron chi connectivity index (χ0n) is 9.15. The van der Waals surface area contributed by atoms with Crippen LogP contribution in [0.3, 0.4) is 0 Å². The average Bonchev–Trinajstić information content (AvgIpc) is 2.16. The van der Waals surface area contributed by atoms with Gasteiger partial charge in [-0.15, -0.1) is 0 Å². The Morgan fingerprint density at radius 3 is 2.62 bits per heavy atom. The number of amides is 1. The van der Waals surface area contributed by atoms with Crippen molar-refractivity contribution in [3.8, 4) is 0 Å². The molecule has 6 heteroatoms. The van der Waals surface area contributed by atoms with Gasteiger partial charge in [-0.3, -0.25) is 9.52 Å². The lowest BCUT2D eigenvalue weighted by Gasteiger charge is -2.06. The minimum absolute atomic E-state index is 0.223. The van der Waals surface area contributed by atoms with Gasteiger partial charge in [-0.05, 0) is 25.1 Å². The molecule has 0 spiro atoms. The molecule has 0 radical (unpaired) electrons. The van der Waals surface area contributed by atoms with Crippen molar-refractivity contribution in [1.82, 2.24) is 5.32 Å². The van der Waals surface area contributed by atoms with Gasteiger partial charge in [0, 0.05) is 17.8 Å². The Morgan fingerprint density at radius 2 is 2.06 bits per heavy atom. The minimum Gasteiger partial charge on any atom is -0.352 e. The van der Waals surface area contributed by atoms with Gasteiger partial charge in [-0.1, -0.05) is 6.07 Å². The van der Waals surface area contributed by atoms with E-state index in [1.165, 1.54) is 6.07 Å². The fourth-order valence-corrected chi connectivity index (χ4v) is 1.76. The standard InChI is InChI=1S/C10H14N2O3S/c1-3-11-10(13)8-5-4-6-9(7-8)12-16(2,14)15/h4-7,12H,3H2,1-2H3,(H,11,13). The third-order valence-electron chi connectivity index (χ3n) is 1.77. The smallest absolute Gasteiger partial charge is 0.251 e. The quantitative estimate of drug-likeness (QED) is 0.820. The lowest BCUT2D eigenvalue weighted by molar-refractivity contribution is 0.0956. The van der Waals surface area contributed by atoms with E-state index >= 15 is 0 Å². The molecule has 5 nitrogen and oxygen atoms in total. The summed E-state index contributed by atoms with van der Waals surface area (Å²) in [5, 5.41) is 2.64. The number of carbonyl (C=O) groups excluding carboxylic acids is 1. The minimum atomic E-state index is -3.31. The zero-order valence-corrected chi connectivity index (χ0v) is 9.97.